The number of benzene rings is 1. The topological polar surface area (TPSA) is 24.4 Å². The van der Waals surface area contributed by atoms with E-state index in [-0.39, 0.29) is 0 Å². The molecular weight excluding hydrogens is 308 g/mol. The van der Waals surface area contributed by atoms with Crippen LogP contribution in [0.5, 0.6) is 0 Å². The molecule has 0 radical (unpaired) electrons. The number of halogens is 1. The van der Waals surface area contributed by atoms with Crippen molar-refractivity contribution >= 4 is 38.5 Å². The standard InChI is InChI=1S/C14H19BrN2S/c1-9(2)13-6-7-18-14(17-13)16-11-5-4-10(3)12(15)8-11/h4-5,8-9,13H,6-7H2,1-3H3,(H,16,17). The molecule has 0 saturated heterocycles. The molecule has 0 saturated carbocycles. The Morgan fingerprint density at radius 1 is 1.44 bits per heavy atom. The Morgan fingerprint density at radius 2 is 2.22 bits per heavy atom. The molecule has 1 aliphatic rings. The van der Waals surface area contributed by atoms with Crippen LogP contribution in [0.4, 0.5) is 5.69 Å². The number of nitrogens with one attached hydrogen (secondary N) is 1. The molecule has 2 rings (SSSR count). The lowest BCUT2D eigenvalue weighted by Crippen LogP contribution is -2.23. The highest BCUT2D eigenvalue weighted by Crippen LogP contribution is 2.25. The van der Waals surface area contributed by atoms with E-state index in [1.807, 2.05) is 11.8 Å². The van der Waals surface area contributed by atoms with Crippen LogP contribution in [-0.2, 0) is 0 Å². The second kappa shape index (κ2) is 6.11. The zero-order valence-electron chi connectivity index (χ0n) is 11.0. The summed E-state index contributed by atoms with van der Waals surface area (Å²) in [6.07, 6.45) is 1.19. The monoisotopic (exact) mass is 326 g/mol. The van der Waals surface area contributed by atoms with E-state index in [4.69, 9.17) is 4.99 Å². The number of anilines is 1. The fourth-order valence-corrected chi connectivity index (χ4v) is 3.21. The molecule has 1 N–H and O–H groups in total. The highest BCUT2D eigenvalue weighted by molar-refractivity contribution is 9.10. The summed E-state index contributed by atoms with van der Waals surface area (Å²) in [6, 6.07) is 6.78. The zero-order chi connectivity index (χ0) is 13.1. The Labute approximate surface area is 122 Å². The minimum absolute atomic E-state index is 0.461. The fraction of sp³-hybridized carbons (Fsp3) is 0.500. The van der Waals surface area contributed by atoms with E-state index in [1.54, 1.807) is 0 Å². The summed E-state index contributed by atoms with van der Waals surface area (Å²) < 4.78 is 1.13. The van der Waals surface area contributed by atoms with E-state index in [0.29, 0.717) is 12.0 Å². The molecule has 0 aromatic heterocycles. The minimum atomic E-state index is 0.461. The third-order valence-electron chi connectivity index (χ3n) is 3.13. The van der Waals surface area contributed by atoms with Crippen molar-refractivity contribution in [1.29, 1.82) is 0 Å². The van der Waals surface area contributed by atoms with E-state index < -0.39 is 0 Å². The Balaban J connectivity index is 2.10. The smallest absolute Gasteiger partial charge is 0.161 e. The summed E-state index contributed by atoms with van der Waals surface area (Å²) in [6.45, 7) is 6.57. The summed E-state index contributed by atoms with van der Waals surface area (Å²) >= 11 is 5.37. The predicted molar refractivity (Wildman–Crippen MR) is 85.6 cm³/mol. The second-order valence-electron chi connectivity index (χ2n) is 4.97. The number of aryl methyl sites for hydroxylation is 1. The summed E-state index contributed by atoms with van der Waals surface area (Å²) in [5.41, 5.74) is 2.35. The van der Waals surface area contributed by atoms with Gasteiger partial charge in [-0.15, -0.1) is 0 Å². The van der Waals surface area contributed by atoms with Crippen molar-refractivity contribution in [3.8, 4) is 0 Å². The quantitative estimate of drug-likeness (QED) is 0.852. The zero-order valence-corrected chi connectivity index (χ0v) is 13.4. The largest absolute Gasteiger partial charge is 0.335 e. The third kappa shape index (κ3) is 3.51. The molecule has 0 amide bonds. The molecule has 1 aromatic rings. The van der Waals surface area contributed by atoms with Crippen LogP contribution < -0.4 is 5.32 Å². The Hall–Kier alpha value is -0.480. The third-order valence-corrected chi connectivity index (χ3v) is 4.90. The van der Waals surface area contributed by atoms with Gasteiger partial charge in [-0.25, -0.2) is 0 Å². The number of hydrogen-bond acceptors (Lipinski definition) is 3. The first-order chi connectivity index (χ1) is 8.56. The molecule has 1 unspecified atom stereocenters. The molecule has 0 fully saturated rings. The Bertz CT molecular complexity index is 457. The molecule has 1 aliphatic heterocycles. The summed E-state index contributed by atoms with van der Waals surface area (Å²) in [4.78, 5) is 4.78. The van der Waals surface area contributed by atoms with Gasteiger partial charge in [0.15, 0.2) is 5.17 Å². The Morgan fingerprint density at radius 3 is 2.89 bits per heavy atom. The lowest BCUT2D eigenvalue weighted by molar-refractivity contribution is 0.485. The molecule has 1 atom stereocenters. The fourth-order valence-electron chi connectivity index (χ4n) is 1.87. The molecule has 1 aromatic carbocycles. The van der Waals surface area contributed by atoms with E-state index in [0.717, 1.165) is 21.1 Å². The van der Waals surface area contributed by atoms with Crippen LogP contribution in [0, 0.1) is 12.8 Å². The summed E-state index contributed by atoms with van der Waals surface area (Å²) in [7, 11) is 0. The first kappa shape index (κ1) is 13.9. The van der Waals surface area contributed by atoms with Gasteiger partial charge in [0.05, 0.1) is 6.04 Å². The van der Waals surface area contributed by atoms with Gasteiger partial charge in [-0.1, -0.05) is 47.6 Å². The van der Waals surface area contributed by atoms with E-state index in [2.05, 4.69) is 60.2 Å². The maximum atomic E-state index is 4.78. The van der Waals surface area contributed by atoms with Gasteiger partial charge in [-0.2, -0.15) is 0 Å². The first-order valence-corrected chi connectivity index (χ1v) is 8.08. The first-order valence-electron chi connectivity index (χ1n) is 6.30. The van der Waals surface area contributed by atoms with Gasteiger partial charge in [-0.05, 0) is 37.0 Å². The normalized spacial score (nSPS) is 19.8. The van der Waals surface area contributed by atoms with Crippen molar-refractivity contribution in [3.05, 3.63) is 28.2 Å². The van der Waals surface area contributed by atoms with Gasteiger partial charge in [0.25, 0.3) is 0 Å². The van der Waals surface area contributed by atoms with Crippen molar-refractivity contribution in [3.63, 3.8) is 0 Å². The molecule has 2 nitrogen and oxygen atoms in total. The maximum absolute atomic E-state index is 4.78. The van der Waals surface area contributed by atoms with Crippen molar-refractivity contribution in [2.75, 3.05) is 11.1 Å². The highest BCUT2D eigenvalue weighted by atomic mass is 79.9. The van der Waals surface area contributed by atoms with Crippen LogP contribution >= 0.6 is 27.7 Å². The SMILES string of the molecule is Cc1ccc(NC2=NC(C(C)C)CCS2)cc1Br. The van der Waals surface area contributed by atoms with E-state index in [1.165, 1.54) is 12.0 Å². The molecule has 0 bridgehead atoms. The molecule has 0 aliphatic carbocycles. The number of thioether (sulfide) groups is 1. The van der Waals surface area contributed by atoms with Crippen molar-refractivity contribution in [1.82, 2.24) is 0 Å². The van der Waals surface area contributed by atoms with Crippen molar-refractivity contribution in [2.45, 2.75) is 33.2 Å². The molecule has 18 heavy (non-hydrogen) atoms. The van der Waals surface area contributed by atoms with Crippen LogP contribution in [0.25, 0.3) is 0 Å². The predicted octanol–water partition coefficient (Wildman–Crippen LogP) is 4.69. The second-order valence-corrected chi connectivity index (χ2v) is 6.91. The minimum Gasteiger partial charge on any atom is -0.335 e. The lowest BCUT2D eigenvalue weighted by atomic mass is 10.0. The number of rotatable bonds is 2. The van der Waals surface area contributed by atoms with Crippen LogP contribution in [-0.4, -0.2) is 17.0 Å². The maximum Gasteiger partial charge on any atom is 0.161 e. The summed E-state index contributed by atoms with van der Waals surface area (Å²) in [5, 5.41) is 4.47. The average Bonchev–Trinajstić information content (AvgIpc) is 2.34. The number of amidine groups is 1. The van der Waals surface area contributed by atoms with Gasteiger partial charge in [0.1, 0.15) is 0 Å². The molecular formula is C14H19BrN2S. The van der Waals surface area contributed by atoms with Crippen LogP contribution in [0.1, 0.15) is 25.8 Å². The van der Waals surface area contributed by atoms with E-state index in [9.17, 15) is 0 Å². The molecule has 98 valence electrons. The van der Waals surface area contributed by atoms with Crippen LogP contribution in [0.3, 0.4) is 0 Å². The molecule has 1 heterocycles. The Kier molecular flexibility index (Phi) is 4.73. The van der Waals surface area contributed by atoms with Gasteiger partial charge in [0.2, 0.25) is 0 Å². The average molecular weight is 327 g/mol. The van der Waals surface area contributed by atoms with Gasteiger partial charge < -0.3 is 5.32 Å². The summed E-state index contributed by atoms with van der Waals surface area (Å²) in [5.74, 6) is 1.77. The van der Waals surface area contributed by atoms with Gasteiger partial charge >= 0.3 is 0 Å². The lowest BCUT2D eigenvalue weighted by Gasteiger charge is -2.23. The van der Waals surface area contributed by atoms with Crippen molar-refractivity contribution < 1.29 is 0 Å². The molecule has 0 spiro atoms. The van der Waals surface area contributed by atoms with Crippen LogP contribution in [0.2, 0.25) is 0 Å². The van der Waals surface area contributed by atoms with E-state index >= 15 is 0 Å². The number of nitrogens with zero attached hydrogens (tertiary/aromatic N) is 1. The van der Waals surface area contributed by atoms with Gasteiger partial charge in [0, 0.05) is 15.9 Å². The molecule has 4 heteroatoms. The van der Waals surface area contributed by atoms with Crippen molar-refractivity contribution in [2.24, 2.45) is 10.9 Å². The number of aliphatic imine (C=N–C) groups is 1. The highest BCUT2D eigenvalue weighted by Gasteiger charge is 2.18. The number of hydrogen-bond donors (Lipinski definition) is 1. The van der Waals surface area contributed by atoms with Crippen LogP contribution in [0.15, 0.2) is 27.7 Å². The van der Waals surface area contributed by atoms with Gasteiger partial charge in [-0.3, -0.25) is 4.99 Å².